The maximum absolute atomic E-state index is 12.7. The summed E-state index contributed by atoms with van der Waals surface area (Å²) in [6.07, 6.45) is 4.89. The van der Waals surface area contributed by atoms with Crippen LogP contribution in [0.15, 0.2) is 18.2 Å². The number of amides is 2. The van der Waals surface area contributed by atoms with E-state index in [0.717, 1.165) is 30.6 Å². The fourth-order valence-electron chi connectivity index (χ4n) is 3.93. The number of likely N-dealkylation sites (tertiary alicyclic amines) is 1. The van der Waals surface area contributed by atoms with Gasteiger partial charge in [0.1, 0.15) is 18.6 Å². The van der Waals surface area contributed by atoms with Gasteiger partial charge >= 0.3 is 0 Å². The van der Waals surface area contributed by atoms with Crippen molar-refractivity contribution < 1.29 is 19.1 Å². The van der Waals surface area contributed by atoms with E-state index in [1.807, 2.05) is 12.1 Å². The number of benzene rings is 1. The number of nitrogens with zero attached hydrogens (tertiary/aromatic N) is 2. The van der Waals surface area contributed by atoms with Crippen molar-refractivity contribution in [2.24, 2.45) is 0 Å². The quantitative estimate of drug-likeness (QED) is 0.674. The van der Waals surface area contributed by atoms with Gasteiger partial charge in [0, 0.05) is 31.6 Å². The van der Waals surface area contributed by atoms with E-state index >= 15 is 0 Å². The van der Waals surface area contributed by atoms with Gasteiger partial charge in [-0.25, -0.2) is 0 Å². The molecule has 2 aliphatic heterocycles. The molecule has 0 spiro atoms. The summed E-state index contributed by atoms with van der Waals surface area (Å²) >= 11 is 0. The highest BCUT2D eigenvalue weighted by molar-refractivity contribution is 5.99. The Bertz CT molecular complexity index is 737. The van der Waals surface area contributed by atoms with Gasteiger partial charge in [-0.05, 0) is 56.6 Å². The fourth-order valence-corrected chi connectivity index (χ4v) is 3.93. The molecule has 0 bridgehead atoms. The number of piperidine rings is 1. The van der Waals surface area contributed by atoms with Gasteiger partial charge in [0.05, 0.1) is 6.04 Å². The van der Waals surface area contributed by atoms with Crippen LogP contribution in [0.5, 0.6) is 5.75 Å². The lowest BCUT2D eigenvalue weighted by Crippen LogP contribution is -2.40. The number of ether oxygens (including phenoxy) is 1. The molecular formula is C22H33N3O4. The molecule has 3 rings (SSSR count). The van der Waals surface area contributed by atoms with Gasteiger partial charge in [0.2, 0.25) is 5.91 Å². The Kier molecular flexibility index (Phi) is 8.20. The molecule has 160 valence electrons. The molecular weight excluding hydrogens is 370 g/mol. The second-order valence-electron chi connectivity index (χ2n) is 7.61. The Balaban J connectivity index is 0.00000300. The molecule has 1 saturated heterocycles. The largest absolute Gasteiger partial charge is 0.492 e. The number of fused-ring (bicyclic) bond motifs is 1. The Morgan fingerprint density at radius 2 is 2.17 bits per heavy atom. The third-order valence-electron chi connectivity index (χ3n) is 5.78. The number of rotatable bonds is 8. The van der Waals surface area contributed by atoms with E-state index in [1.54, 1.807) is 18.0 Å². The van der Waals surface area contributed by atoms with Crippen molar-refractivity contribution in [3.63, 3.8) is 0 Å². The third-order valence-corrected chi connectivity index (χ3v) is 5.78. The zero-order valence-corrected chi connectivity index (χ0v) is 16.6. The Morgan fingerprint density at radius 3 is 2.86 bits per heavy atom. The first-order valence-corrected chi connectivity index (χ1v) is 9.96. The minimum Gasteiger partial charge on any atom is -0.492 e. The number of nitrogens with one attached hydrogen (secondary N) is 1. The molecule has 2 aliphatic rings. The summed E-state index contributed by atoms with van der Waals surface area (Å²) in [6.45, 7) is 2.10. The van der Waals surface area contributed by atoms with Crippen molar-refractivity contribution in [1.82, 2.24) is 15.1 Å². The van der Waals surface area contributed by atoms with Crippen LogP contribution < -0.4 is 10.1 Å². The molecule has 0 radical (unpaired) electrons. The van der Waals surface area contributed by atoms with Gasteiger partial charge in [0.15, 0.2) is 0 Å². The van der Waals surface area contributed by atoms with E-state index in [0.29, 0.717) is 31.2 Å². The highest BCUT2D eigenvalue weighted by Crippen LogP contribution is 2.29. The minimum absolute atomic E-state index is 0. The predicted octanol–water partition coefficient (Wildman–Crippen LogP) is 2.24. The average molecular weight is 404 g/mol. The van der Waals surface area contributed by atoms with Crippen molar-refractivity contribution in [3.05, 3.63) is 29.3 Å². The van der Waals surface area contributed by atoms with Gasteiger partial charge in [-0.3, -0.25) is 9.59 Å². The Morgan fingerprint density at radius 1 is 1.38 bits per heavy atom. The molecule has 7 heteroatoms. The van der Waals surface area contributed by atoms with Crippen molar-refractivity contribution in [3.8, 4) is 5.75 Å². The van der Waals surface area contributed by atoms with Gasteiger partial charge in [0.25, 0.3) is 5.91 Å². The van der Waals surface area contributed by atoms with E-state index < -0.39 is 6.04 Å². The maximum atomic E-state index is 12.7. The highest BCUT2D eigenvalue weighted by Gasteiger charge is 2.33. The highest BCUT2D eigenvalue weighted by atomic mass is 16.5. The zero-order chi connectivity index (χ0) is 20.1. The van der Waals surface area contributed by atoms with Gasteiger partial charge in [-0.15, -0.1) is 0 Å². The van der Waals surface area contributed by atoms with Gasteiger partial charge in [-0.2, -0.15) is 0 Å². The number of hydrogen-bond acceptors (Lipinski definition) is 5. The van der Waals surface area contributed by atoms with E-state index in [9.17, 15) is 14.4 Å². The zero-order valence-electron chi connectivity index (χ0n) is 16.6. The first-order chi connectivity index (χ1) is 13.5. The summed E-state index contributed by atoms with van der Waals surface area (Å²) in [5.74, 6) is 0.447. The van der Waals surface area contributed by atoms with Crippen LogP contribution in [-0.2, 0) is 16.1 Å². The van der Waals surface area contributed by atoms with E-state index in [4.69, 9.17) is 4.74 Å². The van der Waals surface area contributed by atoms with Crippen molar-refractivity contribution in [1.29, 1.82) is 0 Å². The standard InChI is InChI=1S/C21H29N3O4.CH4/c1-22-20(26)9-6-16(13-25)24-12-15-11-18(7-8-19(15)21(24)27)28-14-17-5-3-4-10-23(17)2;/h7-8,11,13,16-17H,3-6,9-10,12,14H2,1-2H3,(H,22,26);1H4. The van der Waals surface area contributed by atoms with Crippen molar-refractivity contribution >= 4 is 18.1 Å². The summed E-state index contributed by atoms with van der Waals surface area (Å²) in [7, 11) is 3.69. The van der Waals surface area contributed by atoms with Gasteiger partial charge < -0.3 is 24.6 Å². The monoisotopic (exact) mass is 403 g/mol. The van der Waals surface area contributed by atoms with Crippen LogP contribution in [0.3, 0.4) is 0 Å². The van der Waals surface area contributed by atoms with E-state index in [-0.39, 0.29) is 25.7 Å². The second kappa shape index (κ2) is 10.4. The SMILES string of the molecule is C.CNC(=O)CCC(C=O)N1Cc2cc(OCC3CCCCN3C)ccc2C1=O. The van der Waals surface area contributed by atoms with E-state index in [1.165, 1.54) is 12.8 Å². The molecule has 2 amide bonds. The molecule has 2 heterocycles. The Labute approximate surface area is 173 Å². The third kappa shape index (κ3) is 5.35. The lowest BCUT2D eigenvalue weighted by Gasteiger charge is -2.32. The fraction of sp³-hybridized carbons (Fsp3) is 0.591. The summed E-state index contributed by atoms with van der Waals surface area (Å²) in [5.41, 5.74) is 1.47. The molecule has 1 aromatic rings. The topological polar surface area (TPSA) is 79.0 Å². The van der Waals surface area contributed by atoms with Gasteiger partial charge in [-0.1, -0.05) is 13.8 Å². The molecule has 0 saturated carbocycles. The summed E-state index contributed by atoms with van der Waals surface area (Å²) in [5, 5.41) is 2.54. The van der Waals surface area contributed by atoms with E-state index in [2.05, 4.69) is 17.3 Å². The van der Waals surface area contributed by atoms with Crippen LogP contribution in [0.2, 0.25) is 0 Å². The average Bonchev–Trinajstić information content (AvgIpc) is 3.03. The van der Waals surface area contributed by atoms with Crippen LogP contribution in [0.1, 0.15) is 55.5 Å². The van der Waals surface area contributed by atoms with Crippen molar-refractivity contribution in [2.75, 3.05) is 27.2 Å². The summed E-state index contributed by atoms with van der Waals surface area (Å²) in [4.78, 5) is 39.5. The number of carbonyl (C=O) groups excluding carboxylic acids is 3. The molecule has 1 aromatic carbocycles. The molecule has 7 nitrogen and oxygen atoms in total. The summed E-state index contributed by atoms with van der Waals surface area (Å²) in [6, 6.07) is 5.32. The van der Waals surface area contributed by atoms with Crippen LogP contribution in [0, 0.1) is 0 Å². The lowest BCUT2D eigenvalue weighted by molar-refractivity contribution is -0.121. The lowest BCUT2D eigenvalue weighted by atomic mass is 10.0. The van der Waals surface area contributed by atoms with Crippen LogP contribution in [0.4, 0.5) is 0 Å². The number of hydrogen-bond donors (Lipinski definition) is 1. The molecule has 2 unspecified atom stereocenters. The molecule has 2 atom stereocenters. The predicted molar refractivity (Wildman–Crippen MR) is 112 cm³/mol. The second-order valence-corrected chi connectivity index (χ2v) is 7.61. The number of likely N-dealkylation sites (N-methyl/N-ethyl adjacent to an activating group) is 1. The molecule has 29 heavy (non-hydrogen) atoms. The van der Waals surface area contributed by atoms with Crippen LogP contribution in [0.25, 0.3) is 0 Å². The maximum Gasteiger partial charge on any atom is 0.255 e. The minimum atomic E-state index is -0.600. The molecule has 0 aliphatic carbocycles. The first-order valence-electron chi connectivity index (χ1n) is 9.96. The number of aldehydes is 1. The smallest absolute Gasteiger partial charge is 0.255 e. The normalized spacial score (nSPS) is 19.9. The van der Waals surface area contributed by atoms with Crippen molar-refractivity contribution in [2.45, 2.75) is 58.2 Å². The first kappa shape index (κ1) is 22.9. The number of carbonyl (C=O) groups is 3. The summed E-state index contributed by atoms with van der Waals surface area (Å²) < 4.78 is 6.00. The van der Waals surface area contributed by atoms with Crippen LogP contribution >= 0.6 is 0 Å². The molecule has 1 N–H and O–H groups in total. The molecule has 1 fully saturated rings. The molecule has 0 aromatic heterocycles. The Hall–Kier alpha value is -2.41. The van der Waals surface area contributed by atoms with Crippen LogP contribution in [-0.4, -0.2) is 67.2 Å².